The predicted molar refractivity (Wildman–Crippen MR) is 82.5 cm³/mol. The summed E-state index contributed by atoms with van der Waals surface area (Å²) in [6.07, 6.45) is 3.70. The third kappa shape index (κ3) is 2.58. The van der Waals surface area contributed by atoms with Crippen molar-refractivity contribution in [2.75, 3.05) is 12.4 Å². The molecular weight excluding hydrogens is 270 g/mol. The van der Waals surface area contributed by atoms with Crippen LogP contribution in [0.25, 0.3) is 10.2 Å². The van der Waals surface area contributed by atoms with Crippen LogP contribution >= 0.6 is 11.3 Å². The number of hydrogen-bond acceptors (Lipinski definition) is 5. The van der Waals surface area contributed by atoms with E-state index < -0.39 is 0 Å². The summed E-state index contributed by atoms with van der Waals surface area (Å²) >= 11 is 1.63. The molecule has 1 N–H and O–H groups in total. The van der Waals surface area contributed by atoms with Gasteiger partial charge in [-0.3, -0.25) is 4.98 Å². The Balaban J connectivity index is 1.79. The fourth-order valence-electron chi connectivity index (χ4n) is 1.96. The summed E-state index contributed by atoms with van der Waals surface area (Å²) in [6, 6.07) is 7.93. The van der Waals surface area contributed by atoms with E-state index in [0.29, 0.717) is 0 Å². The highest BCUT2D eigenvalue weighted by Crippen LogP contribution is 2.29. The van der Waals surface area contributed by atoms with Crippen molar-refractivity contribution in [3.05, 3.63) is 47.8 Å². The molecule has 0 amide bonds. The zero-order valence-electron chi connectivity index (χ0n) is 11.4. The standard InChI is InChI=1S/C15H15N3OS/c1-10-5-6-16-8-11(10)9-17-15-18-13-4-3-12(19-2)7-14(13)20-15/h3-8H,9H2,1-2H3,(H,17,18). The van der Waals surface area contributed by atoms with E-state index in [-0.39, 0.29) is 0 Å². The Bertz CT molecular complexity index is 739. The lowest BCUT2D eigenvalue weighted by atomic mass is 10.2. The monoisotopic (exact) mass is 285 g/mol. The topological polar surface area (TPSA) is 47.0 Å². The zero-order chi connectivity index (χ0) is 13.9. The number of nitrogens with one attached hydrogen (secondary N) is 1. The van der Waals surface area contributed by atoms with E-state index in [2.05, 4.69) is 22.2 Å². The average molecular weight is 285 g/mol. The fraction of sp³-hybridized carbons (Fsp3) is 0.200. The molecule has 0 spiro atoms. The van der Waals surface area contributed by atoms with Crippen LogP contribution < -0.4 is 10.1 Å². The van der Waals surface area contributed by atoms with Gasteiger partial charge in [0.15, 0.2) is 5.13 Å². The van der Waals surface area contributed by atoms with Crippen LogP contribution in [0.2, 0.25) is 0 Å². The van der Waals surface area contributed by atoms with Gasteiger partial charge in [-0.2, -0.15) is 0 Å². The van der Waals surface area contributed by atoms with Crippen molar-refractivity contribution in [3.8, 4) is 5.75 Å². The predicted octanol–water partition coefficient (Wildman–Crippen LogP) is 3.62. The number of aryl methyl sites for hydroxylation is 1. The summed E-state index contributed by atoms with van der Waals surface area (Å²) in [6.45, 7) is 2.82. The molecule has 0 saturated heterocycles. The third-order valence-corrected chi connectivity index (χ3v) is 4.15. The van der Waals surface area contributed by atoms with Gasteiger partial charge in [-0.05, 0) is 42.3 Å². The largest absolute Gasteiger partial charge is 0.497 e. The first-order valence-corrected chi connectivity index (χ1v) is 7.16. The van der Waals surface area contributed by atoms with Crippen LogP contribution in [0.15, 0.2) is 36.7 Å². The minimum Gasteiger partial charge on any atom is -0.497 e. The molecule has 5 heteroatoms. The summed E-state index contributed by atoms with van der Waals surface area (Å²) in [7, 11) is 1.67. The molecule has 0 aliphatic carbocycles. The Morgan fingerprint density at radius 1 is 1.30 bits per heavy atom. The van der Waals surface area contributed by atoms with E-state index >= 15 is 0 Å². The van der Waals surface area contributed by atoms with Gasteiger partial charge in [-0.25, -0.2) is 4.98 Å². The molecule has 3 rings (SSSR count). The van der Waals surface area contributed by atoms with Crippen LogP contribution in [0.4, 0.5) is 5.13 Å². The lowest BCUT2D eigenvalue weighted by Gasteiger charge is -2.04. The van der Waals surface area contributed by atoms with Gasteiger partial charge in [0.25, 0.3) is 0 Å². The number of rotatable bonds is 4. The maximum absolute atomic E-state index is 5.23. The van der Waals surface area contributed by atoms with E-state index in [1.54, 1.807) is 18.4 Å². The molecule has 4 nitrogen and oxygen atoms in total. The number of ether oxygens (including phenoxy) is 1. The van der Waals surface area contributed by atoms with Crippen LogP contribution in [-0.4, -0.2) is 17.1 Å². The van der Waals surface area contributed by atoms with Gasteiger partial charge in [-0.15, -0.1) is 0 Å². The molecule has 0 saturated carbocycles. The van der Waals surface area contributed by atoms with Crippen molar-refractivity contribution in [1.82, 2.24) is 9.97 Å². The van der Waals surface area contributed by atoms with Crippen LogP contribution in [0.3, 0.4) is 0 Å². The number of aromatic nitrogens is 2. The second kappa shape index (κ2) is 5.46. The van der Waals surface area contributed by atoms with E-state index in [1.807, 2.05) is 36.7 Å². The molecule has 102 valence electrons. The Hall–Kier alpha value is -2.14. The molecule has 1 aromatic carbocycles. The SMILES string of the molecule is COc1ccc2nc(NCc3cnccc3C)sc2c1. The first-order valence-electron chi connectivity index (χ1n) is 6.34. The lowest BCUT2D eigenvalue weighted by molar-refractivity contribution is 0.415. The first-order chi connectivity index (χ1) is 9.76. The second-order valence-corrected chi connectivity index (χ2v) is 5.54. The number of anilines is 1. The Morgan fingerprint density at radius 2 is 2.20 bits per heavy atom. The molecule has 0 aliphatic heterocycles. The molecule has 0 atom stereocenters. The van der Waals surface area contributed by atoms with Crippen molar-refractivity contribution >= 4 is 26.7 Å². The van der Waals surface area contributed by atoms with Gasteiger partial charge in [0, 0.05) is 18.9 Å². The molecule has 3 aromatic rings. The molecule has 0 radical (unpaired) electrons. The van der Waals surface area contributed by atoms with Gasteiger partial charge >= 0.3 is 0 Å². The van der Waals surface area contributed by atoms with E-state index in [1.165, 1.54) is 11.1 Å². The van der Waals surface area contributed by atoms with E-state index in [9.17, 15) is 0 Å². The Labute approximate surface area is 121 Å². The third-order valence-electron chi connectivity index (χ3n) is 3.17. The van der Waals surface area contributed by atoms with Crippen LogP contribution in [0.5, 0.6) is 5.75 Å². The Kier molecular flexibility index (Phi) is 3.52. The molecular formula is C15H15N3OS. The quantitative estimate of drug-likeness (QED) is 0.795. The number of hydrogen-bond donors (Lipinski definition) is 1. The van der Waals surface area contributed by atoms with Gasteiger partial charge in [-0.1, -0.05) is 11.3 Å². The maximum Gasteiger partial charge on any atom is 0.184 e. The van der Waals surface area contributed by atoms with Crippen molar-refractivity contribution in [3.63, 3.8) is 0 Å². The van der Waals surface area contributed by atoms with Crippen LogP contribution in [0, 0.1) is 6.92 Å². The zero-order valence-corrected chi connectivity index (χ0v) is 12.2. The lowest BCUT2D eigenvalue weighted by Crippen LogP contribution is -2.01. The molecule has 2 heterocycles. The second-order valence-electron chi connectivity index (χ2n) is 4.51. The fourth-order valence-corrected chi connectivity index (χ4v) is 2.85. The summed E-state index contributed by atoms with van der Waals surface area (Å²) in [5.74, 6) is 0.857. The van der Waals surface area contributed by atoms with Crippen molar-refractivity contribution in [1.29, 1.82) is 0 Å². The van der Waals surface area contributed by atoms with Gasteiger partial charge in [0.2, 0.25) is 0 Å². The Morgan fingerprint density at radius 3 is 3.00 bits per heavy atom. The average Bonchev–Trinajstić information content (AvgIpc) is 2.88. The molecule has 0 unspecified atom stereocenters. The number of fused-ring (bicyclic) bond motifs is 1. The first kappa shape index (κ1) is 12.9. The number of nitrogens with zero attached hydrogens (tertiary/aromatic N) is 2. The smallest absolute Gasteiger partial charge is 0.184 e. The summed E-state index contributed by atoms with van der Waals surface area (Å²) in [4.78, 5) is 8.71. The van der Waals surface area contributed by atoms with E-state index in [4.69, 9.17) is 4.74 Å². The highest BCUT2D eigenvalue weighted by Gasteiger charge is 2.05. The normalized spacial score (nSPS) is 10.7. The summed E-state index contributed by atoms with van der Waals surface area (Å²) in [5.41, 5.74) is 3.40. The van der Waals surface area contributed by atoms with E-state index in [0.717, 1.165) is 27.6 Å². The number of thiazole rings is 1. The number of methoxy groups -OCH3 is 1. The minimum absolute atomic E-state index is 0.733. The molecule has 20 heavy (non-hydrogen) atoms. The van der Waals surface area contributed by atoms with Crippen molar-refractivity contribution in [2.45, 2.75) is 13.5 Å². The van der Waals surface area contributed by atoms with Gasteiger partial charge < -0.3 is 10.1 Å². The van der Waals surface area contributed by atoms with Crippen LogP contribution in [-0.2, 0) is 6.54 Å². The molecule has 2 aromatic heterocycles. The molecule has 0 aliphatic rings. The van der Waals surface area contributed by atoms with Gasteiger partial charge in [0.05, 0.1) is 17.3 Å². The van der Waals surface area contributed by atoms with Crippen LogP contribution in [0.1, 0.15) is 11.1 Å². The van der Waals surface area contributed by atoms with Crippen molar-refractivity contribution < 1.29 is 4.74 Å². The highest BCUT2D eigenvalue weighted by atomic mass is 32.1. The minimum atomic E-state index is 0.733. The molecule has 0 bridgehead atoms. The summed E-state index contributed by atoms with van der Waals surface area (Å²) in [5, 5.41) is 4.27. The summed E-state index contributed by atoms with van der Waals surface area (Å²) < 4.78 is 6.35. The molecule has 0 fully saturated rings. The highest BCUT2D eigenvalue weighted by molar-refractivity contribution is 7.22. The number of pyridine rings is 1. The van der Waals surface area contributed by atoms with Crippen molar-refractivity contribution in [2.24, 2.45) is 0 Å². The number of benzene rings is 1. The van der Waals surface area contributed by atoms with Gasteiger partial charge in [0.1, 0.15) is 5.75 Å². The maximum atomic E-state index is 5.23.